The molecule has 2 heterocycles. The molecule has 0 saturated carbocycles. The van der Waals surface area contributed by atoms with Crippen molar-refractivity contribution in [2.45, 2.75) is 6.42 Å². The molecule has 2 aromatic heterocycles. The highest BCUT2D eigenvalue weighted by molar-refractivity contribution is 6.31. The number of hydrogen-bond donors (Lipinski definition) is 1. The van der Waals surface area contributed by atoms with Crippen molar-refractivity contribution in [2.24, 2.45) is 5.73 Å². The maximum atomic E-state index is 10.9. The van der Waals surface area contributed by atoms with E-state index >= 15 is 0 Å². The second kappa shape index (κ2) is 4.90. The number of pyridine rings is 1. The van der Waals surface area contributed by atoms with E-state index in [4.69, 9.17) is 21.9 Å². The van der Waals surface area contributed by atoms with Crippen LogP contribution in [0.5, 0.6) is 0 Å². The number of nitrogens with zero attached hydrogens (tertiary/aromatic N) is 3. The van der Waals surface area contributed by atoms with Gasteiger partial charge in [-0.3, -0.25) is 9.78 Å². The second-order valence-electron chi connectivity index (χ2n) is 4.24. The van der Waals surface area contributed by atoms with E-state index in [1.165, 1.54) is 0 Å². The molecule has 0 aliphatic heterocycles. The minimum atomic E-state index is -0.738. The summed E-state index contributed by atoms with van der Waals surface area (Å²) in [4.78, 5) is 19.0. The summed E-state index contributed by atoms with van der Waals surface area (Å²) in [6.45, 7) is 0. The van der Waals surface area contributed by atoms with Crippen molar-refractivity contribution in [3.8, 4) is 0 Å². The highest BCUT2D eigenvalue weighted by Gasteiger charge is 2.11. The third kappa shape index (κ3) is 2.46. The van der Waals surface area contributed by atoms with Crippen molar-refractivity contribution in [1.29, 1.82) is 0 Å². The van der Waals surface area contributed by atoms with Crippen molar-refractivity contribution in [1.82, 2.24) is 15.1 Å². The molecule has 0 saturated heterocycles. The van der Waals surface area contributed by atoms with E-state index in [0.29, 0.717) is 17.3 Å². The van der Waals surface area contributed by atoms with E-state index in [9.17, 15) is 4.79 Å². The fourth-order valence-electron chi connectivity index (χ4n) is 1.87. The van der Waals surface area contributed by atoms with Gasteiger partial charge in [-0.05, 0) is 23.8 Å². The van der Waals surface area contributed by atoms with Gasteiger partial charge in [0.2, 0.25) is 0 Å². The molecule has 0 aliphatic carbocycles. The Kier molecular flexibility index (Phi) is 3.08. The molecule has 7 heteroatoms. The highest BCUT2D eigenvalue weighted by Crippen LogP contribution is 2.19. The molecule has 0 radical (unpaired) electrons. The maximum absolute atomic E-state index is 10.9. The minimum absolute atomic E-state index is 0.189. The Balaban J connectivity index is 1.91. The van der Waals surface area contributed by atoms with Crippen LogP contribution >= 0.6 is 11.6 Å². The van der Waals surface area contributed by atoms with Gasteiger partial charge in [0.25, 0.3) is 0 Å². The summed E-state index contributed by atoms with van der Waals surface area (Å²) in [5.41, 5.74) is 6.86. The summed E-state index contributed by atoms with van der Waals surface area (Å²) >= 11 is 5.92. The van der Waals surface area contributed by atoms with E-state index in [1.54, 1.807) is 6.20 Å². The second-order valence-corrected chi connectivity index (χ2v) is 4.67. The SMILES string of the molecule is NC(=O)c1nc(Cc2ccc3ncc(Cl)cc3c2)no1. The van der Waals surface area contributed by atoms with Crippen LogP contribution in [0.25, 0.3) is 10.9 Å². The summed E-state index contributed by atoms with van der Waals surface area (Å²) in [7, 11) is 0. The fraction of sp³-hybridized carbons (Fsp3) is 0.0769. The van der Waals surface area contributed by atoms with Gasteiger partial charge in [-0.1, -0.05) is 22.8 Å². The first-order valence-electron chi connectivity index (χ1n) is 5.78. The molecule has 1 aromatic carbocycles. The maximum Gasteiger partial charge on any atom is 0.315 e. The van der Waals surface area contributed by atoms with Gasteiger partial charge in [0.15, 0.2) is 5.82 Å². The lowest BCUT2D eigenvalue weighted by Crippen LogP contribution is -2.11. The average Bonchev–Trinajstić information content (AvgIpc) is 2.87. The first-order valence-corrected chi connectivity index (χ1v) is 6.16. The van der Waals surface area contributed by atoms with Crippen LogP contribution in [0.15, 0.2) is 35.0 Å². The van der Waals surface area contributed by atoms with Crippen molar-refractivity contribution in [3.05, 3.63) is 52.8 Å². The van der Waals surface area contributed by atoms with E-state index in [1.807, 2.05) is 24.3 Å². The van der Waals surface area contributed by atoms with Crippen molar-refractivity contribution in [2.75, 3.05) is 0 Å². The number of carbonyl (C=O) groups excluding carboxylic acids is 1. The van der Waals surface area contributed by atoms with Gasteiger partial charge in [0, 0.05) is 18.0 Å². The molecular formula is C13H9ClN4O2. The number of amides is 1. The van der Waals surface area contributed by atoms with Crippen LogP contribution in [0.3, 0.4) is 0 Å². The summed E-state index contributed by atoms with van der Waals surface area (Å²) in [6.07, 6.45) is 2.03. The monoisotopic (exact) mass is 288 g/mol. The minimum Gasteiger partial charge on any atom is -0.361 e. The Morgan fingerprint density at radius 1 is 1.35 bits per heavy atom. The van der Waals surface area contributed by atoms with Gasteiger partial charge in [-0.25, -0.2) is 0 Å². The highest BCUT2D eigenvalue weighted by atomic mass is 35.5. The third-order valence-corrected chi connectivity index (χ3v) is 2.96. The van der Waals surface area contributed by atoms with Crippen LogP contribution in [0.4, 0.5) is 0 Å². The van der Waals surface area contributed by atoms with Crippen LogP contribution < -0.4 is 5.73 Å². The number of aromatic nitrogens is 3. The van der Waals surface area contributed by atoms with Crippen molar-refractivity contribution < 1.29 is 9.32 Å². The molecule has 0 aliphatic rings. The Hall–Kier alpha value is -2.47. The van der Waals surface area contributed by atoms with E-state index in [0.717, 1.165) is 16.5 Å². The molecule has 0 atom stereocenters. The molecule has 3 rings (SSSR count). The largest absolute Gasteiger partial charge is 0.361 e. The molecule has 1 amide bonds. The lowest BCUT2D eigenvalue weighted by molar-refractivity contribution is 0.0958. The predicted octanol–water partition coefficient (Wildman–Crippen LogP) is 1.96. The molecule has 3 aromatic rings. The zero-order chi connectivity index (χ0) is 14.1. The predicted molar refractivity (Wildman–Crippen MR) is 72.4 cm³/mol. The topological polar surface area (TPSA) is 94.9 Å². The van der Waals surface area contributed by atoms with Gasteiger partial charge in [-0.15, -0.1) is 0 Å². The first kappa shape index (κ1) is 12.6. The fourth-order valence-corrected chi connectivity index (χ4v) is 2.04. The number of carbonyl (C=O) groups is 1. The zero-order valence-corrected chi connectivity index (χ0v) is 11.0. The summed E-state index contributed by atoms with van der Waals surface area (Å²) < 4.78 is 4.74. The molecule has 0 bridgehead atoms. The molecule has 100 valence electrons. The first-order chi connectivity index (χ1) is 9.61. The van der Waals surface area contributed by atoms with Crippen LogP contribution in [0.2, 0.25) is 5.02 Å². The lowest BCUT2D eigenvalue weighted by atomic mass is 10.1. The summed E-state index contributed by atoms with van der Waals surface area (Å²) in [5.74, 6) is -0.531. The van der Waals surface area contributed by atoms with Crippen LogP contribution in [0, 0.1) is 0 Å². The molecule has 6 nitrogen and oxygen atoms in total. The van der Waals surface area contributed by atoms with Gasteiger partial charge in [0.1, 0.15) is 0 Å². The third-order valence-electron chi connectivity index (χ3n) is 2.75. The summed E-state index contributed by atoms with van der Waals surface area (Å²) in [5, 5.41) is 5.20. The Bertz CT molecular complexity index is 800. The van der Waals surface area contributed by atoms with Crippen LogP contribution in [0.1, 0.15) is 22.1 Å². The Morgan fingerprint density at radius 2 is 2.20 bits per heavy atom. The van der Waals surface area contributed by atoms with Crippen molar-refractivity contribution >= 4 is 28.4 Å². The van der Waals surface area contributed by atoms with Gasteiger partial charge in [-0.2, -0.15) is 4.98 Å². The van der Waals surface area contributed by atoms with E-state index in [-0.39, 0.29) is 5.89 Å². The molecule has 2 N–H and O–H groups in total. The molecular weight excluding hydrogens is 280 g/mol. The molecule has 0 spiro atoms. The number of hydrogen-bond acceptors (Lipinski definition) is 5. The number of nitrogens with two attached hydrogens (primary N) is 1. The smallest absolute Gasteiger partial charge is 0.315 e. The van der Waals surface area contributed by atoms with Gasteiger partial charge < -0.3 is 10.3 Å². The number of primary amides is 1. The molecule has 0 fully saturated rings. The summed E-state index contributed by atoms with van der Waals surface area (Å²) in [6, 6.07) is 7.56. The van der Waals surface area contributed by atoms with Gasteiger partial charge in [0.05, 0.1) is 10.5 Å². The Labute approximate surface area is 118 Å². The normalized spacial score (nSPS) is 10.8. The molecule has 0 unspecified atom stereocenters. The quantitative estimate of drug-likeness (QED) is 0.795. The van der Waals surface area contributed by atoms with Gasteiger partial charge >= 0.3 is 11.8 Å². The number of benzene rings is 1. The average molecular weight is 289 g/mol. The number of rotatable bonds is 3. The van der Waals surface area contributed by atoms with Crippen LogP contribution in [-0.4, -0.2) is 21.0 Å². The van der Waals surface area contributed by atoms with Crippen molar-refractivity contribution in [3.63, 3.8) is 0 Å². The standard InChI is InChI=1S/C13H9ClN4O2/c14-9-5-8-3-7(1-2-10(8)16-6-9)4-11-17-13(12(15)19)20-18-11/h1-3,5-6H,4H2,(H2,15,19). The van der Waals surface area contributed by atoms with E-state index < -0.39 is 5.91 Å². The number of fused-ring (bicyclic) bond motifs is 1. The lowest BCUT2D eigenvalue weighted by Gasteiger charge is -2.01. The molecule has 20 heavy (non-hydrogen) atoms. The number of halogens is 1. The zero-order valence-electron chi connectivity index (χ0n) is 10.2. The van der Waals surface area contributed by atoms with E-state index in [2.05, 4.69) is 15.1 Å². The Morgan fingerprint density at radius 3 is 2.95 bits per heavy atom. The van der Waals surface area contributed by atoms with Crippen LogP contribution in [-0.2, 0) is 6.42 Å².